The van der Waals surface area contributed by atoms with Crippen molar-refractivity contribution in [3.63, 3.8) is 0 Å². The highest BCUT2D eigenvalue weighted by atomic mass is 16.3. The second-order valence-corrected chi connectivity index (χ2v) is 8.29. The van der Waals surface area contributed by atoms with Crippen LogP contribution in [0.4, 0.5) is 5.69 Å². The van der Waals surface area contributed by atoms with Gasteiger partial charge in [0.2, 0.25) is 11.8 Å². The Bertz CT molecular complexity index is 1080. The Balaban J connectivity index is 1.63. The molecule has 176 valence electrons. The number of hydrogen-bond donors (Lipinski definition) is 2. The molecule has 2 N–H and O–H groups in total. The van der Waals surface area contributed by atoms with Crippen molar-refractivity contribution in [1.29, 1.82) is 0 Å². The van der Waals surface area contributed by atoms with Crippen LogP contribution >= 0.6 is 0 Å². The number of benzene rings is 1. The zero-order valence-corrected chi connectivity index (χ0v) is 18.9. The molecule has 0 unspecified atom stereocenters. The molecule has 8 heteroatoms. The summed E-state index contributed by atoms with van der Waals surface area (Å²) in [7, 11) is 0. The number of rotatable bonds is 8. The molecule has 1 aliphatic carbocycles. The normalized spacial score (nSPS) is 14.7. The van der Waals surface area contributed by atoms with Crippen molar-refractivity contribution >= 4 is 23.4 Å². The quantitative estimate of drug-likeness (QED) is 0.534. The van der Waals surface area contributed by atoms with Crippen molar-refractivity contribution in [1.82, 2.24) is 15.6 Å². The van der Waals surface area contributed by atoms with Crippen molar-refractivity contribution in [3.05, 3.63) is 84.6 Å². The van der Waals surface area contributed by atoms with E-state index < -0.39 is 17.9 Å². The van der Waals surface area contributed by atoms with E-state index in [0.29, 0.717) is 11.3 Å². The van der Waals surface area contributed by atoms with Gasteiger partial charge in [0.25, 0.3) is 5.91 Å². The minimum Gasteiger partial charge on any atom is -0.459 e. The van der Waals surface area contributed by atoms with Crippen LogP contribution in [0.1, 0.15) is 54.3 Å². The summed E-state index contributed by atoms with van der Waals surface area (Å²) < 4.78 is 5.10. The van der Waals surface area contributed by atoms with Crippen molar-refractivity contribution in [3.8, 4) is 0 Å². The van der Waals surface area contributed by atoms with Crippen molar-refractivity contribution in [2.24, 2.45) is 0 Å². The first-order valence-corrected chi connectivity index (χ1v) is 11.5. The second-order valence-electron chi connectivity index (χ2n) is 8.29. The van der Waals surface area contributed by atoms with Crippen LogP contribution in [0, 0.1) is 0 Å². The topological polar surface area (TPSA) is 105 Å². The standard InChI is InChI=1S/C26H28N4O4/c31-23(18-28-25(32)22-14-8-16-34-22)30(21-13-7-15-27-17-21)24(19-9-3-1-4-10-19)26(33)29-20-11-5-2-6-12-20/h1,3-4,7-10,13-17,20,24H,2,5-6,11-12,18H2,(H,28,32)(H,29,33)/t24-/m1/s1. The third-order valence-corrected chi connectivity index (χ3v) is 5.91. The molecule has 0 aliphatic heterocycles. The van der Waals surface area contributed by atoms with Crippen molar-refractivity contribution in [2.45, 2.75) is 44.2 Å². The Morgan fingerprint density at radius 2 is 1.79 bits per heavy atom. The molecular weight excluding hydrogens is 432 g/mol. The summed E-state index contributed by atoms with van der Waals surface area (Å²) in [5, 5.41) is 5.74. The molecular formula is C26H28N4O4. The maximum atomic E-state index is 13.6. The van der Waals surface area contributed by atoms with E-state index in [0.717, 1.165) is 25.7 Å². The molecule has 3 aromatic rings. The van der Waals surface area contributed by atoms with E-state index >= 15 is 0 Å². The number of carbonyl (C=O) groups excluding carboxylic acids is 3. The van der Waals surface area contributed by atoms with E-state index in [9.17, 15) is 14.4 Å². The van der Waals surface area contributed by atoms with Gasteiger partial charge in [0, 0.05) is 12.2 Å². The summed E-state index contributed by atoms with van der Waals surface area (Å²) >= 11 is 0. The van der Waals surface area contributed by atoms with E-state index in [2.05, 4.69) is 15.6 Å². The Morgan fingerprint density at radius 1 is 1.00 bits per heavy atom. The lowest BCUT2D eigenvalue weighted by Gasteiger charge is -2.33. The number of hydrogen-bond acceptors (Lipinski definition) is 5. The Hall–Kier alpha value is -3.94. The van der Waals surface area contributed by atoms with Gasteiger partial charge < -0.3 is 15.1 Å². The van der Waals surface area contributed by atoms with Gasteiger partial charge in [0.05, 0.1) is 24.7 Å². The van der Waals surface area contributed by atoms with Crippen molar-refractivity contribution < 1.29 is 18.8 Å². The molecule has 1 fully saturated rings. The summed E-state index contributed by atoms with van der Waals surface area (Å²) in [6.07, 6.45) is 9.70. The number of anilines is 1. The molecule has 2 aromatic heterocycles. The number of carbonyl (C=O) groups is 3. The fraction of sp³-hybridized carbons (Fsp3) is 0.308. The first kappa shape index (κ1) is 23.2. The first-order chi connectivity index (χ1) is 16.6. The number of furan rings is 1. The molecule has 2 heterocycles. The highest BCUT2D eigenvalue weighted by Crippen LogP contribution is 2.28. The minimum atomic E-state index is -0.916. The van der Waals surface area contributed by atoms with E-state index in [1.54, 1.807) is 24.4 Å². The third-order valence-electron chi connectivity index (χ3n) is 5.91. The van der Waals surface area contributed by atoms with Crippen LogP contribution in [-0.4, -0.2) is 35.3 Å². The number of pyridine rings is 1. The maximum Gasteiger partial charge on any atom is 0.287 e. The molecule has 1 saturated carbocycles. The van der Waals surface area contributed by atoms with Crippen LogP contribution in [0.15, 0.2) is 77.7 Å². The van der Waals surface area contributed by atoms with Crippen molar-refractivity contribution in [2.75, 3.05) is 11.4 Å². The number of amides is 3. The lowest BCUT2D eigenvalue weighted by molar-refractivity contribution is -0.127. The zero-order chi connectivity index (χ0) is 23.8. The maximum absolute atomic E-state index is 13.6. The molecule has 0 saturated heterocycles. The molecule has 34 heavy (non-hydrogen) atoms. The van der Waals surface area contributed by atoms with Crippen LogP contribution in [0.2, 0.25) is 0 Å². The monoisotopic (exact) mass is 460 g/mol. The largest absolute Gasteiger partial charge is 0.459 e. The third kappa shape index (κ3) is 5.70. The molecule has 8 nitrogen and oxygen atoms in total. The molecule has 1 aromatic carbocycles. The van der Waals surface area contributed by atoms with Crippen LogP contribution in [0.5, 0.6) is 0 Å². The van der Waals surface area contributed by atoms with Crippen LogP contribution in [0.3, 0.4) is 0 Å². The highest BCUT2D eigenvalue weighted by molar-refractivity contribution is 6.04. The van der Waals surface area contributed by atoms with Gasteiger partial charge in [0.15, 0.2) is 5.76 Å². The van der Waals surface area contributed by atoms with Gasteiger partial charge >= 0.3 is 0 Å². The second kappa shape index (κ2) is 11.3. The highest BCUT2D eigenvalue weighted by Gasteiger charge is 2.34. The molecule has 3 amide bonds. The summed E-state index contributed by atoms with van der Waals surface area (Å²) in [6, 6.07) is 14.9. The number of aromatic nitrogens is 1. The summed E-state index contributed by atoms with van der Waals surface area (Å²) in [5.74, 6) is -1.10. The van der Waals surface area contributed by atoms with Gasteiger partial charge in [-0.2, -0.15) is 0 Å². The lowest BCUT2D eigenvalue weighted by Crippen LogP contribution is -2.49. The van der Waals surface area contributed by atoms with Gasteiger partial charge in [-0.05, 0) is 42.7 Å². The Labute approximate surface area is 198 Å². The van der Waals surface area contributed by atoms with Crippen LogP contribution in [0.25, 0.3) is 0 Å². The predicted molar refractivity (Wildman–Crippen MR) is 127 cm³/mol. The molecule has 0 radical (unpaired) electrons. The molecule has 4 rings (SSSR count). The zero-order valence-electron chi connectivity index (χ0n) is 18.9. The fourth-order valence-corrected chi connectivity index (χ4v) is 4.25. The summed E-state index contributed by atoms with van der Waals surface area (Å²) in [6.45, 7) is -0.311. The first-order valence-electron chi connectivity index (χ1n) is 11.5. The SMILES string of the molecule is O=C(NCC(=O)N(c1cccnc1)[C@@H](C(=O)NC1CCCCC1)c1ccccc1)c1ccco1. The van der Waals surface area contributed by atoms with Gasteiger partial charge in [-0.25, -0.2) is 0 Å². The van der Waals surface area contributed by atoms with Crippen LogP contribution < -0.4 is 15.5 Å². The van der Waals surface area contributed by atoms with E-state index in [1.165, 1.54) is 29.8 Å². The predicted octanol–water partition coefficient (Wildman–Crippen LogP) is 3.63. The molecule has 0 bridgehead atoms. The minimum absolute atomic E-state index is 0.0805. The smallest absolute Gasteiger partial charge is 0.287 e. The summed E-state index contributed by atoms with van der Waals surface area (Å²) in [5.41, 5.74) is 1.14. The van der Waals surface area contributed by atoms with Gasteiger partial charge in [-0.15, -0.1) is 0 Å². The van der Waals surface area contributed by atoms with Gasteiger partial charge in [0.1, 0.15) is 6.04 Å². The number of nitrogens with one attached hydrogen (secondary N) is 2. The van der Waals surface area contributed by atoms with Crippen LogP contribution in [-0.2, 0) is 9.59 Å². The molecule has 0 spiro atoms. The lowest BCUT2D eigenvalue weighted by atomic mass is 9.94. The summed E-state index contributed by atoms with van der Waals surface area (Å²) in [4.78, 5) is 45.0. The van der Waals surface area contributed by atoms with E-state index in [-0.39, 0.29) is 24.3 Å². The fourth-order valence-electron chi connectivity index (χ4n) is 4.25. The Kier molecular flexibility index (Phi) is 7.70. The van der Waals surface area contributed by atoms with Gasteiger partial charge in [-0.3, -0.25) is 24.3 Å². The molecule has 1 aliphatic rings. The van der Waals surface area contributed by atoms with E-state index in [4.69, 9.17) is 4.42 Å². The van der Waals surface area contributed by atoms with Gasteiger partial charge in [-0.1, -0.05) is 49.6 Å². The Morgan fingerprint density at radius 3 is 2.47 bits per heavy atom. The average Bonchev–Trinajstić information content (AvgIpc) is 3.42. The molecule has 1 atom stereocenters. The average molecular weight is 461 g/mol. The van der Waals surface area contributed by atoms with E-state index in [1.807, 2.05) is 30.3 Å². The number of nitrogens with zero attached hydrogens (tertiary/aromatic N) is 2.